The Morgan fingerprint density at radius 3 is 2.94 bits per heavy atom. The summed E-state index contributed by atoms with van der Waals surface area (Å²) in [6, 6.07) is 3.83. The number of thiophene rings is 1. The molecule has 3 heterocycles. The molecule has 3 aromatic heterocycles. The summed E-state index contributed by atoms with van der Waals surface area (Å²) >= 11 is 7.64. The van der Waals surface area contributed by atoms with Crippen LogP contribution in [0, 0.1) is 6.92 Å². The number of aromatic amines is 1. The van der Waals surface area contributed by atoms with Gasteiger partial charge in [-0.1, -0.05) is 11.6 Å². The largest absolute Gasteiger partial charge is 0.336 e. The zero-order chi connectivity index (χ0) is 11.1. The number of nitrogens with one attached hydrogen (secondary N) is 1. The van der Waals surface area contributed by atoms with Gasteiger partial charge in [0.05, 0.1) is 15.4 Å². The number of fused-ring (bicyclic) bond motifs is 1. The molecule has 3 rings (SSSR count). The average Bonchev–Trinajstić information content (AvgIpc) is 2.84. The summed E-state index contributed by atoms with van der Waals surface area (Å²) in [5, 5.41) is 2.67. The third-order valence-corrected chi connectivity index (χ3v) is 3.78. The minimum absolute atomic E-state index is 0.724. The normalized spacial score (nSPS) is 11.1. The Morgan fingerprint density at radius 1 is 1.38 bits per heavy atom. The number of hydrogen-bond acceptors (Lipinski definition) is 3. The third-order valence-electron chi connectivity index (χ3n) is 2.43. The summed E-state index contributed by atoms with van der Waals surface area (Å²) in [5.74, 6) is 0.789. The van der Waals surface area contributed by atoms with Gasteiger partial charge in [0.1, 0.15) is 0 Å². The predicted molar refractivity (Wildman–Crippen MR) is 66.9 cm³/mol. The van der Waals surface area contributed by atoms with Crippen LogP contribution in [0.3, 0.4) is 0 Å². The lowest BCUT2D eigenvalue weighted by atomic mass is 10.3. The average molecular weight is 250 g/mol. The van der Waals surface area contributed by atoms with Gasteiger partial charge in [0.25, 0.3) is 0 Å². The molecule has 3 aromatic rings. The Labute approximate surface area is 101 Å². The Morgan fingerprint density at radius 2 is 2.25 bits per heavy atom. The molecule has 0 aliphatic rings. The SMILES string of the molecule is Cc1ccnc2nc(-c3sccc3Cl)[nH]c12. The van der Waals surface area contributed by atoms with Crippen LogP contribution in [0.4, 0.5) is 0 Å². The molecule has 0 aliphatic carbocycles. The van der Waals surface area contributed by atoms with Crippen LogP contribution in [-0.2, 0) is 0 Å². The van der Waals surface area contributed by atoms with Gasteiger partial charge < -0.3 is 4.98 Å². The monoisotopic (exact) mass is 249 g/mol. The summed E-state index contributed by atoms with van der Waals surface area (Å²) in [4.78, 5) is 12.9. The maximum Gasteiger partial charge on any atom is 0.178 e. The first-order chi connectivity index (χ1) is 7.75. The van der Waals surface area contributed by atoms with Gasteiger partial charge in [0.2, 0.25) is 0 Å². The van der Waals surface area contributed by atoms with E-state index in [1.807, 2.05) is 24.4 Å². The number of rotatable bonds is 1. The molecule has 0 bridgehead atoms. The van der Waals surface area contributed by atoms with Crippen LogP contribution in [0.2, 0.25) is 5.02 Å². The fourth-order valence-electron chi connectivity index (χ4n) is 1.61. The van der Waals surface area contributed by atoms with Crippen molar-refractivity contribution in [2.24, 2.45) is 0 Å². The van der Waals surface area contributed by atoms with Crippen molar-refractivity contribution < 1.29 is 0 Å². The number of aromatic nitrogens is 3. The highest BCUT2D eigenvalue weighted by molar-refractivity contribution is 7.14. The first kappa shape index (κ1) is 9.81. The second-order valence-corrected chi connectivity index (χ2v) is 4.83. The van der Waals surface area contributed by atoms with Crippen molar-refractivity contribution >= 4 is 34.1 Å². The fourth-order valence-corrected chi connectivity index (χ4v) is 2.70. The third kappa shape index (κ3) is 1.42. The summed E-state index contributed by atoms with van der Waals surface area (Å²) in [6.07, 6.45) is 1.76. The van der Waals surface area contributed by atoms with Gasteiger partial charge in [0.15, 0.2) is 11.5 Å². The van der Waals surface area contributed by atoms with Gasteiger partial charge in [0, 0.05) is 6.20 Å². The molecule has 0 spiro atoms. The van der Waals surface area contributed by atoms with E-state index in [2.05, 4.69) is 15.0 Å². The van der Waals surface area contributed by atoms with Crippen molar-refractivity contribution in [2.45, 2.75) is 6.92 Å². The van der Waals surface area contributed by atoms with Crippen LogP contribution in [-0.4, -0.2) is 15.0 Å². The summed E-state index contributed by atoms with van der Waals surface area (Å²) in [7, 11) is 0. The zero-order valence-electron chi connectivity index (χ0n) is 8.49. The zero-order valence-corrected chi connectivity index (χ0v) is 10.1. The topological polar surface area (TPSA) is 41.6 Å². The maximum absolute atomic E-state index is 6.07. The van der Waals surface area contributed by atoms with E-state index in [4.69, 9.17) is 11.6 Å². The Hall–Kier alpha value is -1.39. The van der Waals surface area contributed by atoms with Crippen LogP contribution in [0.25, 0.3) is 21.9 Å². The van der Waals surface area contributed by atoms with E-state index in [1.54, 1.807) is 17.5 Å². The van der Waals surface area contributed by atoms with Crippen LogP contribution in [0.15, 0.2) is 23.7 Å². The molecule has 0 unspecified atom stereocenters. The lowest BCUT2D eigenvalue weighted by Gasteiger charge is -1.91. The quantitative estimate of drug-likeness (QED) is 0.715. The molecule has 1 N–H and O–H groups in total. The molecular formula is C11H8ClN3S. The number of hydrogen-bond donors (Lipinski definition) is 1. The number of nitrogens with zero attached hydrogens (tertiary/aromatic N) is 2. The summed E-state index contributed by atoms with van der Waals surface area (Å²) in [6.45, 7) is 2.03. The molecule has 5 heteroatoms. The second kappa shape index (κ2) is 3.57. The van der Waals surface area contributed by atoms with Gasteiger partial charge in [-0.25, -0.2) is 9.97 Å². The Kier molecular flexibility index (Phi) is 2.19. The molecule has 0 atom stereocenters. The van der Waals surface area contributed by atoms with Crippen molar-refractivity contribution in [1.29, 1.82) is 0 Å². The molecule has 80 valence electrons. The highest BCUT2D eigenvalue weighted by Gasteiger charge is 2.11. The molecule has 0 amide bonds. The molecule has 0 aliphatic heterocycles. The van der Waals surface area contributed by atoms with Crippen LogP contribution >= 0.6 is 22.9 Å². The molecule has 0 saturated carbocycles. The molecule has 0 aromatic carbocycles. The number of imidazole rings is 1. The molecule has 0 fully saturated rings. The minimum Gasteiger partial charge on any atom is -0.336 e. The molecule has 0 saturated heterocycles. The lowest BCUT2D eigenvalue weighted by Crippen LogP contribution is -1.78. The van der Waals surface area contributed by atoms with Crippen LogP contribution in [0.5, 0.6) is 0 Å². The van der Waals surface area contributed by atoms with Gasteiger partial charge in [-0.2, -0.15) is 0 Å². The Bertz CT molecular complexity index is 656. The number of H-pyrrole nitrogens is 1. The van der Waals surface area contributed by atoms with Gasteiger partial charge in [-0.15, -0.1) is 11.3 Å². The van der Waals surface area contributed by atoms with E-state index < -0.39 is 0 Å². The fraction of sp³-hybridized carbons (Fsp3) is 0.0909. The Balaban J connectivity index is 2.27. The van der Waals surface area contributed by atoms with E-state index >= 15 is 0 Å². The predicted octanol–water partition coefficient (Wildman–Crippen LogP) is 3.65. The van der Waals surface area contributed by atoms with E-state index in [1.165, 1.54) is 0 Å². The van der Waals surface area contributed by atoms with Crippen molar-refractivity contribution in [3.63, 3.8) is 0 Å². The highest BCUT2D eigenvalue weighted by Crippen LogP contribution is 2.32. The standard InChI is InChI=1S/C11H8ClN3S/c1-6-2-4-13-10-8(6)14-11(15-10)9-7(12)3-5-16-9/h2-5H,1H3,(H,13,14,15). The van der Waals surface area contributed by atoms with Crippen molar-refractivity contribution in [2.75, 3.05) is 0 Å². The molecular weight excluding hydrogens is 242 g/mol. The summed E-state index contributed by atoms with van der Waals surface area (Å²) < 4.78 is 0. The van der Waals surface area contributed by atoms with Crippen molar-refractivity contribution in [1.82, 2.24) is 15.0 Å². The van der Waals surface area contributed by atoms with Gasteiger partial charge in [-0.3, -0.25) is 0 Å². The van der Waals surface area contributed by atoms with Gasteiger partial charge >= 0.3 is 0 Å². The number of pyridine rings is 1. The minimum atomic E-state index is 0.724. The smallest absolute Gasteiger partial charge is 0.178 e. The van der Waals surface area contributed by atoms with E-state index in [-0.39, 0.29) is 0 Å². The second-order valence-electron chi connectivity index (χ2n) is 3.51. The van der Waals surface area contributed by atoms with E-state index in [0.29, 0.717) is 0 Å². The van der Waals surface area contributed by atoms with Crippen molar-refractivity contribution in [3.8, 4) is 10.7 Å². The van der Waals surface area contributed by atoms with Crippen LogP contribution < -0.4 is 0 Å². The molecule has 16 heavy (non-hydrogen) atoms. The number of aryl methyl sites for hydroxylation is 1. The van der Waals surface area contributed by atoms with Crippen molar-refractivity contribution in [3.05, 3.63) is 34.3 Å². The summed E-state index contributed by atoms with van der Waals surface area (Å²) in [5.41, 5.74) is 2.85. The molecule has 0 radical (unpaired) electrons. The highest BCUT2D eigenvalue weighted by atomic mass is 35.5. The lowest BCUT2D eigenvalue weighted by molar-refractivity contribution is 1.31. The maximum atomic E-state index is 6.07. The first-order valence-electron chi connectivity index (χ1n) is 4.80. The van der Waals surface area contributed by atoms with Gasteiger partial charge in [-0.05, 0) is 30.0 Å². The van der Waals surface area contributed by atoms with Crippen LogP contribution in [0.1, 0.15) is 5.56 Å². The van der Waals surface area contributed by atoms with E-state index in [0.717, 1.165) is 32.5 Å². The number of halogens is 1. The molecule has 3 nitrogen and oxygen atoms in total. The van der Waals surface area contributed by atoms with E-state index in [9.17, 15) is 0 Å². The first-order valence-corrected chi connectivity index (χ1v) is 6.06.